The van der Waals surface area contributed by atoms with Crippen LogP contribution in [0.4, 0.5) is 5.95 Å². The summed E-state index contributed by atoms with van der Waals surface area (Å²) in [5.74, 6) is -0.142. The predicted molar refractivity (Wildman–Crippen MR) is 159 cm³/mol. The summed E-state index contributed by atoms with van der Waals surface area (Å²) in [6.45, 7) is 8.79. The van der Waals surface area contributed by atoms with Gasteiger partial charge in [-0.15, -0.1) is 11.6 Å². The first-order valence-corrected chi connectivity index (χ1v) is 15.7. The zero-order valence-electron chi connectivity index (χ0n) is 24.9. The smallest absolute Gasteiger partial charge is 0.459 e. The Morgan fingerprint density at radius 2 is 1.98 bits per heavy atom. The molecule has 4 rings (SSSR count). The average molecular weight is 641 g/mol. The molecule has 1 aromatic carbocycles. The van der Waals surface area contributed by atoms with Crippen molar-refractivity contribution in [3.63, 3.8) is 0 Å². The van der Waals surface area contributed by atoms with E-state index in [4.69, 9.17) is 45.3 Å². The maximum atomic E-state index is 14.0. The van der Waals surface area contributed by atoms with Crippen molar-refractivity contribution < 1.29 is 37.4 Å². The Morgan fingerprint density at radius 1 is 1.26 bits per heavy atom. The highest BCUT2D eigenvalue weighted by molar-refractivity contribution is 7.52. The van der Waals surface area contributed by atoms with Gasteiger partial charge in [0, 0.05) is 13.2 Å². The molecule has 16 heteroatoms. The number of alkyl halides is 1. The highest BCUT2D eigenvalue weighted by atomic mass is 35.5. The van der Waals surface area contributed by atoms with E-state index in [9.17, 15) is 9.36 Å². The molecule has 1 fully saturated rings. The Hall–Kier alpha value is -3.00. The second-order valence-corrected chi connectivity index (χ2v) is 13.0. The number of anilines is 1. The minimum Gasteiger partial charge on any atom is -0.476 e. The average Bonchev–Trinajstić information content (AvgIpc) is 3.47. The molecular formula is C27H38ClN6O8P. The Bertz CT molecular complexity index is 1440. The normalized spacial score (nSPS) is 24.1. The number of hydrogen-bond acceptors (Lipinski definition) is 12. The third-order valence-electron chi connectivity index (χ3n) is 6.58. The summed E-state index contributed by atoms with van der Waals surface area (Å²) in [5.41, 5.74) is 6.68. The van der Waals surface area contributed by atoms with Gasteiger partial charge in [0.15, 0.2) is 17.4 Å². The number of nitrogen functional groups attached to an aromatic ring is 1. The van der Waals surface area contributed by atoms with Gasteiger partial charge >= 0.3 is 13.7 Å². The van der Waals surface area contributed by atoms with E-state index >= 15 is 0 Å². The fourth-order valence-corrected chi connectivity index (χ4v) is 6.52. The highest BCUT2D eigenvalue weighted by Gasteiger charge is 2.55. The van der Waals surface area contributed by atoms with Gasteiger partial charge in [0.25, 0.3) is 0 Å². The topological polar surface area (TPSA) is 171 Å². The molecular weight excluding hydrogens is 603 g/mol. The van der Waals surface area contributed by atoms with Crippen molar-refractivity contribution in [3.05, 3.63) is 36.7 Å². The molecule has 0 aliphatic carbocycles. The molecule has 1 saturated heterocycles. The first-order chi connectivity index (χ1) is 20.4. The van der Waals surface area contributed by atoms with Gasteiger partial charge in [-0.3, -0.25) is 13.9 Å². The largest absolute Gasteiger partial charge is 0.476 e. The van der Waals surface area contributed by atoms with E-state index in [-0.39, 0.29) is 36.9 Å². The van der Waals surface area contributed by atoms with Crippen LogP contribution >= 0.6 is 19.3 Å². The number of nitrogens with two attached hydrogens (primary N) is 1. The van der Waals surface area contributed by atoms with Crippen LogP contribution < -0.4 is 20.1 Å². The lowest BCUT2D eigenvalue weighted by Gasteiger charge is -2.29. The van der Waals surface area contributed by atoms with Crippen LogP contribution in [-0.2, 0) is 28.1 Å². The van der Waals surface area contributed by atoms with Crippen LogP contribution in [0, 0.1) is 5.92 Å². The van der Waals surface area contributed by atoms with Crippen LogP contribution in [0.5, 0.6) is 11.6 Å². The molecule has 0 amide bonds. The SMILES string of the molecule is CCOc1nc(N)nc2c1ncn2[C@@H]1O[C@H](CO[P@](=O)(N[C@H](C)COC(=O)C(C)C)Oc2ccccc2)[C@@H](OC)[C@@]1(C)Cl. The molecule has 1 aliphatic heterocycles. The van der Waals surface area contributed by atoms with E-state index in [0.717, 1.165) is 0 Å². The van der Waals surface area contributed by atoms with E-state index < -0.39 is 37.1 Å². The van der Waals surface area contributed by atoms with Crippen molar-refractivity contribution in [2.45, 2.75) is 64.0 Å². The number of aromatic nitrogens is 4. The number of carbonyl (C=O) groups excluding carboxylic acids is 1. The van der Waals surface area contributed by atoms with Crippen LogP contribution in [0.1, 0.15) is 40.8 Å². The number of halogens is 1. The van der Waals surface area contributed by atoms with Crippen LogP contribution in [-0.4, -0.2) is 75.5 Å². The minimum atomic E-state index is -4.04. The van der Waals surface area contributed by atoms with Gasteiger partial charge in [-0.25, -0.2) is 14.6 Å². The van der Waals surface area contributed by atoms with Gasteiger partial charge in [-0.1, -0.05) is 32.0 Å². The number of fused-ring (bicyclic) bond motifs is 1. The number of nitrogens with zero attached hydrogens (tertiary/aromatic N) is 4. The number of rotatable bonds is 14. The first kappa shape index (κ1) is 32.9. The van der Waals surface area contributed by atoms with Crippen molar-refractivity contribution in [2.75, 3.05) is 32.7 Å². The van der Waals surface area contributed by atoms with E-state index in [0.29, 0.717) is 23.5 Å². The van der Waals surface area contributed by atoms with Gasteiger partial charge in [0.05, 0.1) is 25.5 Å². The molecule has 3 aromatic rings. The summed E-state index contributed by atoms with van der Waals surface area (Å²) in [6, 6.07) is 7.98. The number of benzene rings is 1. The van der Waals surface area contributed by atoms with Crippen molar-refractivity contribution in [1.82, 2.24) is 24.6 Å². The highest BCUT2D eigenvalue weighted by Crippen LogP contribution is 2.49. The molecule has 2 aromatic heterocycles. The molecule has 0 saturated carbocycles. The lowest BCUT2D eigenvalue weighted by atomic mass is 10.0. The number of nitrogens with one attached hydrogen (secondary N) is 1. The summed E-state index contributed by atoms with van der Waals surface area (Å²) < 4.78 is 50.4. The summed E-state index contributed by atoms with van der Waals surface area (Å²) >= 11 is 7.06. The fraction of sp³-hybridized carbons (Fsp3) is 0.556. The molecule has 14 nitrogen and oxygen atoms in total. The van der Waals surface area contributed by atoms with E-state index in [1.165, 1.54) is 13.4 Å². The summed E-state index contributed by atoms with van der Waals surface area (Å²) in [4.78, 5) is 23.7. The number of carbonyl (C=O) groups is 1. The Balaban J connectivity index is 1.56. The lowest BCUT2D eigenvalue weighted by molar-refractivity contribution is -0.147. The third-order valence-corrected chi connectivity index (χ3v) is 8.68. The van der Waals surface area contributed by atoms with E-state index in [1.54, 1.807) is 62.6 Å². The number of ether oxygens (including phenoxy) is 4. The molecule has 43 heavy (non-hydrogen) atoms. The molecule has 0 spiro atoms. The van der Waals surface area contributed by atoms with Crippen LogP contribution in [0.2, 0.25) is 0 Å². The van der Waals surface area contributed by atoms with Crippen molar-refractivity contribution in [1.29, 1.82) is 0 Å². The lowest BCUT2D eigenvalue weighted by Crippen LogP contribution is -2.41. The molecule has 3 N–H and O–H groups in total. The summed E-state index contributed by atoms with van der Waals surface area (Å²) in [6.07, 6.45) is -0.868. The minimum absolute atomic E-state index is 0.00610. The predicted octanol–water partition coefficient (Wildman–Crippen LogP) is 4.10. The molecule has 3 heterocycles. The Labute approximate surface area is 255 Å². The monoisotopic (exact) mass is 640 g/mol. The van der Waals surface area contributed by atoms with Crippen LogP contribution in [0.3, 0.4) is 0 Å². The maximum Gasteiger partial charge on any atom is 0.459 e. The Kier molecular flexibility index (Phi) is 10.5. The fourth-order valence-electron chi connectivity index (χ4n) is 4.60. The third kappa shape index (κ3) is 7.57. The van der Waals surface area contributed by atoms with Gasteiger partial charge in [0.2, 0.25) is 11.8 Å². The summed E-state index contributed by atoms with van der Waals surface area (Å²) in [7, 11) is -2.55. The molecule has 6 atom stereocenters. The van der Waals surface area contributed by atoms with Crippen molar-refractivity contribution in [2.24, 2.45) is 5.92 Å². The van der Waals surface area contributed by atoms with E-state index in [2.05, 4.69) is 20.0 Å². The molecule has 0 unspecified atom stereocenters. The first-order valence-electron chi connectivity index (χ1n) is 13.8. The molecule has 236 valence electrons. The Morgan fingerprint density at radius 3 is 2.63 bits per heavy atom. The molecule has 0 radical (unpaired) electrons. The number of methoxy groups -OCH3 is 1. The maximum absolute atomic E-state index is 14.0. The van der Waals surface area contributed by atoms with Crippen LogP contribution in [0.25, 0.3) is 11.2 Å². The quantitative estimate of drug-likeness (QED) is 0.147. The molecule has 1 aliphatic rings. The van der Waals surface area contributed by atoms with Gasteiger partial charge < -0.3 is 29.2 Å². The standard InChI is InChI=1S/C27H38ClN6O8P/c1-7-38-23-20-22(31-26(29)32-23)34(15-30-20)25-27(5,28)21(37-6)19(41-25)14-40-43(36,42-18-11-9-8-10-12-18)33-17(4)13-39-24(35)16(2)3/h8-12,15-17,19,21,25H,7,13-14H2,1-6H3,(H,33,36)(H2,29,31,32)/t17-,19-,21-,25-,27-,43-/m1/s1. The van der Waals surface area contributed by atoms with E-state index in [1.807, 2.05) is 6.92 Å². The molecule has 0 bridgehead atoms. The van der Waals surface area contributed by atoms with Crippen molar-refractivity contribution >= 4 is 42.4 Å². The van der Waals surface area contributed by atoms with Gasteiger partial charge in [-0.2, -0.15) is 9.97 Å². The van der Waals surface area contributed by atoms with Gasteiger partial charge in [-0.05, 0) is 32.9 Å². The second-order valence-electron chi connectivity index (χ2n) is 10.5. The van der Waals surface area contributed by atoms with Gasteiger partial charge in [0.1, 0.15) is 29.4 Å². The van der Waals surface area contributed by atoms with Crippen LogP contribution in [0.15, 0.2) is 36.7 Å². The number of esters is 1. The second kappa shape index (κ2) is 13.7. The zero-order chi connectivity index (χ0) is 31.4. The number of hydrogen-bond donors (Lipinski definition) is 2. The zero-order valence-corrected chi connectivity index (χ0v) is 26.6. The number of para-hydroxylation sites is 1. The summed E-state index contributed by atoms with van der Waals surface area (Å²) in [5, 5.41) is 2.85. The van der Waals surface area contributed by atoms with Crippen molar-refractivity contribution in [3.8, 4) is 11.6 Å². The number of imidazole rings is 1.